The number of hydrogen-bond acceptors (Lipinski definition) is 1. The maximum Gasteiger partial charge on any atom is 0.0400 e. The quantitative estimate of drug-likeness (QED) is 0.809. The average Bonchev–Trinajstić information content (AvgIpc) is 2.22. The Hall–Kier alpha value is -0.500. The van der Waals surface area contributed by atoms with Gasteiger partial charge in [-0.1, -0.05) is 42.6 Å². The molecule has 2 heteroatoms. The molecule has 0 atom stereocenters. The van der Waals surface area contributed by atoms with Crippen molar-refractivity contribution in [1.82, 2.24) is 0 Å². The van der Waals surface area contributed by atoms with E-state index in [0.717, 1.165) is 16.9 Å². The molecule has 0 radical (unpaired) electrons. The summed E-state index contributed by atoms with van der Waals surface area (Å²) in [5, 5.41) is 3.59. The zero-order valence-electron chi connectivity index (χ0n) is 10.7. The van der Waals surface area contributed by atoms with Crippen LogP contribution >= 0.6 is 15.9 Å². The van der Waals surface area contributed by atoms with Gasteiger partial charge in [-0.15, -0.1) is 0 Å². The first kappa shape index (κ1) is 13.6. The summed E-state index contributed by atoms with van der Waals surface area (Å²) in [4.78, 5) is 0. The van der Waals surface area contributed by atoms with E-state index in [4.69, 9.17) is 0 Å². The molecule has 1 N–H and O–H groups in total. The molecule has 0 bridgehead atoms. The lowest BCUT2D eigenvalue weighted by molar-refractivity contribution is 0.519. The van der Waals surface area contributed by atoms with Crippen LogP contribution in [-0.2, 0) is 0 Å². The summed E-state index contributed by atoms with van der Waals surface area (Å²) < 4.78 is 1.16. The monoisotopic (exact) mass is 283 g/mol. The van der Waals surface area contributed by atoms with Crippen LogP contribution in [0.15, 0.2) is 16.6 Å². The van der Waals surface area contributed by atoms with Crippen LogP contribution in [0.1, 0.15) is 37.8 Å². The van der Waals surface area contributed by atoms with E-state index in [1.54, 1.807) is 0 Å². The van der Waals surface area contributed by atoms with Crippen molar-refractivity contribution in [3.63, 3.8) is 0 Å². The maximum absolute atomic E-state index is 3.59. The summed E-state index contributed by atoms with van der Waals surface area (Å²) >= 11 is 3.53. The van der Waals surface area contributed by atoms with Gasteiger partial charge in [0.2, 0.25) is 0 Å². The first-order chi connectivity index (χ1) is 7.58. The molecule has 0 aromatic heterocycles. The van der Waals surface area contributed by atoms with Crippen molar-refractivity contribution in [2.75, 3.05) is 11.9 Å². The first-order valence-electron chi connectivity index (χ1n) is 6.09. The van der Waals surface area contributed by atoms with Crippen LogP contribution in [0.25, 0.3) is 0 Å². The summed E-state index contributed by atoms with van der Waals surface area (Å²) in [5.41, 5.74) is 3.94. The lowest BCUT2D eigenvalue weighted by Gasteiger charge is -2.18. The Balaban J connectivity index is 2.74. The minimum atomic E-state index is 0.780. The molecule has 0 saturated heterocycles. The van der Waals surface area contributed by atoms with Gasteiger partial charge >= 0.3 is 0 Å². The highest BCUT2D eigenvalue weighted by Gasteiger charge is 2.07. The second-order valence-electron chi connectivity index (χ2n) is 4.48. The minimum Gasteiger partial charge on any atom is -0.384 e. The van der Waals surface area contributed by atoms with Crippen LogP contribution in [0.5, 0.6) is 0 Å². The summed E-state index contributed by atoms with van der Waals surface area (Å²) in [6.07, 6.45) is 2.50. The molecular formula is C14H22BrN. The molecule has 90 valence electrons. The van der Waals surface area contributed by atoms with Crippen LogP contribution in [0.4, 0.5) is 5.69 Å². The summed E-state index contributed by atoms with van der Waals surface area (Å²) in [7, 11) is 0. The zero-order valence-corrected chi connectivity index (χ0v) is 12.3. The third kappa shape index (κ3) is 3.51. The maximum atomic E-state index is 3.59. The molecule has 0 aliphatic rings. The first-order valence-corrected chi connectivity index (χ1v) is 6.88. The molecule has 0 fully saturated rings. The Morgan fingerprint density at radius 1 is 1.12 bits per heavy atom. The third-order valence-corrected chi connectivity index (χ3v) is 3.68. The van der Waals surface area contributed by atoms with Gasteiger partial charge in [0.25, 0.3) is 0 Å². The standard InChI is InChI=1S/C14H22BrN/c1-5-12(6-2)9-16-14-10(3)7-13(15)8-11(14)4/h7-8,12,16H,5-6,9H2,1-4H3. The summed E-state index contributed by atoms with van der Waals surface area (Å²) in [5.74, 6) is 0.780. The van der Waals surface area contributed by atoms with Gasteiger partial charge in [0, 0.05) is 16.7 Å². The van der Waals surface area contributed by atoms with Gasteiger partial charge in [0.1, 0.15) is 0 Å². The molecule has 0 heterocycles. The van der Waals surface area contributed by atoms with Crippen molar-refractivity contribution >= 4 is 21.6 Å². The molecule has 1 nitrogen and oxygen atoms in total. The lowest BCUT2D eigenvalue weighted by atomic mass is 10.0. The lowest BCUT2D eigenvalue weighted by Crippen LogP contribution is -2.14. The molecule has 0 saturated carbocycles. The van der Waals surface area contributed by atoms with Crippen molar-refractivity contribution in [1.29, 1.82) is 0 Å². The number of benzene rings is 1. The van der Waals surface area contributed by atoms with E-state index in [9.17, 15) is 0 Å². The van der Waals surface area contributed by atoms with Gasteiger partial charge in [-0.2, -0.15) is 0 Å². The molecule has 1 aromatic rings. The van der Waals surface area contributed by atoms with Crippen LogP contribution in [-0.4, -0.2) is 6.54 Å². The van der Waals surface area contributed by atoms with Crippen molar-refractivity contribution in [2.24, 2.45) is 5.92 Å². The SMILES string of the molecule is CCC(CC)CNc1c(C)cc(Br)cc1C. The number of aryl methyl sites for hydroxylation is 2. The number of anilines is 1. The highest BCUT2D eigenvalue weighted by Crippen LogP contribution is 2.25. The normalized spacial score (nSPS) is 10.9. The van der Waals surface area contributed by atoms with E-state index in [2.05, 4.69) is 61.1 Å². The fourth-order valence-corrected chi connectivity index (χ4v) is 2.70. The predicted molar refractivity (Wildman–Crippen MR) is 76.2 cm³/mol. The average molecular weight is 284 g/mol. The Kier molecular flexibility index (Phi) is 5.33. The Morgan fingerprint density at radius 3 is 2.06 bits per heavy atom. The van der Waals surface area contributed by atoms with E-state index in [0.29, 0.717) is 0 Å². The molecule has 1 rings (SSSR count). The van der Waals surface area contributed by atoms with Gasteiger partial charge in [0.15, 0.2) is 0 Å². The Morgan fingerprint density at radius 2 is 1.62 bits per heavy atom. The van der Waals surface area contributed by atoms with Gasteiger partial charge < -0.3 is 5.32 Å². The molecule has 0 unspecified atom stereocenters. The fraction of sp³-hybridized carbons (Fsp3) is 0.571. The largest absolute Gasteiger partial charge is 0.384 e. The van der Waals surface area contributed by atoms with Crippen molar-refractivity contribution in [2.45, 2.75) is 40.5 Å². The molecular weight excluding hydrogens is 262 g/mol. The molecule has 0 aliphatic carbocycles. The smallest absolute Gasteiger partial charge is 0.0400 e. The van der Waals surface area contributed by atoms with E-state index in [1.165, 1.54) is 29.7 Å². The van der Waals surface area contributed by atoms with E-state index in [-0.39, 0.29) is 0 Å². The number of halogens is 1. The van der Waals surface area contributed by atoms with Crippen LogP contribution < -0.4 is 5.32 Å². The predicted octanol–water partition coefficient (Wildman–Crippen LogP) is 4.91. The van der Waals surface area contributed by atoms with E-state index >= 15 is 0 Å². The molecule has 0 amide bonds. The molecule has 0 spiro atoms. The molecule has 0 aliphatic heterocycles. The fourth-order valence-electron chi connectivity index (χ4n) is 2.01. The Labute approximate surface area is 108 Å². The van der Waals surface area contributed by atoms with Crippen LogP contribution in [0, 0.1) is 19.8 Å². The van der Waals surface area contributed by atoms with Crippen LogP contribution in [0.3, 0.4) is 0 Å². The summed E-state index contributed by atoms with van der Waals surface area (Å²) in [6, 6.07) is 4.34. The van der Waals surface area contributed by atoms with Gasteiger partial charge in [-0.25, -0.2) is 0 Å². The zero-order chi connectivity index (χ0) is 12.1. The summed E-state index contributed by atoms with van der Waals surface area (Å²) in [6.45, 7) is 9.92. The minimum absolute atomic E-state index is 0.780. The van der Waals surface area contributed by atoms with Gasteiger partial charge in [-0.05, 0) is 43.0 Å². The van der Waals surface area contributed by atoms with Crippen molar-refractivity contribution in [3.8, 4) is 0 Å². The highest BCUT2D eigenvalue weighted by atomic mass is 79.9. The molecule has 16 heavy (non-hydrogen) atoms. The van der Waals surface area contributed by atoms with Crippen LogP contribution in [0.2, 0.25) is 0 Å². The third-order valence-electron chi connectivity index (χ3n) is 3.22. The molecule has 1 aromatic carbocycles. The van der Waals surface area contributed by atoms with Crippen molar-refractivity contribution < 1.29 is 0 Å². The number of hydrogen-bond donors (Lipinski definition) is 1. The number of rotatable bonds is 5. The Bertz CT molecular complexity index is 320. The number of nitrogens with one attached hydrogen (secondary N) is 1. The highest BCUT2D eigenvalue weighted by molar-refractivity contribution is 9.10. The second kappa shape index (κ2) is 6.29. The van der Waals surface area contributed by atoms with Gasteiger partial charge in [-0.3, -0.25) is 0 Å². The van der Waals surface area contributed by atoms with Gasteiger partial charge in [0.05, 0.1) is 0 Å². The second-order valence-corrected chi connectivity index (χ2v) is 5.39. The van der Waals surface area contributed by atoms with Crippen molar-refractivity contribution in [3.05, 3.63) is 27.7 Å². The van der Waals surface area contributed by atoms with E-state index < -0.39 is 0 Å². The topological polar surface area (TPSA) is 12.0 Å². The van der Waals surface area contributed by atoms with E-state index in [1.807, 2.05) is 0 Å².